The third-order valence-electron chi connectivity index (χ3n) is 3.18. The molecule has 1 aromatic rings. The van der Waals surface area contributed by atoms with Gasteiger partial charge in [0.25, 0.3) is 0 Å². The predicted octanol–water partition coefficient (Wildman–Crippen LogP) is 2.39. The van der Waals surface area contributed by atoms with Gasteiger partial charge in [-0.2, -0.15) is 11.8 Å². The molecule has 1 heterocycles. The number of nitrogens with two attached hydrogens (primary N) is 1. The van der Waals surface area contributed by atoms with Gasteiger partial charge >= 0.3 is 0 Å². The molecule has 0 radical (unpaired) electrons. The Morgan fingerprint density at radius 2 is 2.42 bits per heavy atom. The Labute approximate surface area is 118 Å². The van der Waals surface area contributed by atoms with Gasteiger partial charge in [-0.1, -0.05) is 0 Å². The summed E-state index contributed by atoms with van der Waals surface area (Å²) in [6, 6.07) is 5.62. The lowest BCUT2D eigenvalue weighted by atomic mass is 10.1. The van der Waals surface area contributed by atoms with Crippen molar-refractivity contribution < 1.29 is 9.47 Å². The molecule has 4 nitrogen and oxygen atoms in total. The summed E-state index contributed by atoms with van der Waals surface area (Å²) in [6.07, 6.45) is 2.73. The van der Waals surface area contributed by atoms with Gasteiger partial charge < -0.3 is 15.2 Å². The van der Waals surface area contributed by atoms with E-state index < -0.39 is 0 Å². The Morgan fingerprint density at radius 3 is 3.05 bits per heavy atom. The fraction of sp³-hybridized carbons (Fsp3) is 0.500. The Balaban J connectivity index is 1.96. The summed E-state index contributed by atoms with van der Waals surface area (Å²) in [4.78, 5) is 0. The molecule has 104 valence electrons. The van der Waals surface area contributed by atoms with Crippen LogP contribution in [0.5, 0.6) is 5.75 Å². The van der Waals surface area contributed by atoms with Gasteiger partial charge in [0.05, 0.1) is 13.2 Å². The minimum atomic E-state index is 0.0908. The SMILES string of the molecule is COc1ccc(C(=N)N)cc1CSCC1CCCO1. The smallest absolute Gasteiger partial charge is 0.122 e. The summed E-state index contributed by atoms with van der Waals surface area (Å²) >= 11 is 1.84. The van der Waals surface area contributed by atoms with Crippen LogP contribution in [0.2, 0.25) is 0 Å². The van der Waals surface area contributed by atoms with E-state index in [0.717, 1.165) is 41.4 Å². The van der Waals surface area contributed by atoms with Crippen LogP contribution in [0.4, 0.5) is 0 Å². The van der Waals surface area contributed by atoms with Crippen LogP contribution < -0.4 is 10.5 Å². The topological polar surface area (TPSA) is 68.3 Å². The van der Waals surface area contributed by atoms with E-state index in [1.54, 1.807) is 7.11 Å². The first-order valence-corrected chi connectivity index (χ1v) is 7.57. The maximum absolute atomic E-state index is 7.48. The highest BCUT2D eigenvalue weighted by atomic mass is 32.2. The van der Waals surface area contributed by atoms with Crippen molar-refractivity contribution in [1.82, 2.24) is 0 Å². The number of hydrogen-bond donors (Lipinski definition) is 2. The fourth-order valence-electron chi connectivity index (χ4n) is 2.14. The summed E-state index contributed by atoms with van der Waals surface area (Å²) < 4.78 is 10.9. The van der Waals surface area contributed by atoms with E-state index in [-0.39, 0.29) is 5.84 Å². The van der Waals surface area contributed by atoms with Crippen molar-refractivity contribution in [3.05, 3.63) is 29.3 Å². The number of hydrogen-bond acceptors (Lipinski definition) is 4. The van der Waals surface area contributed by atoms with Gasteiger partial charge in [-0.05, 0) is 31.0 Å². The third-order valence-corrected chi connectivity index (χ3v) is 4.30. The number of nitrogen functional groups attached to an aromatic ring is 1. The summed E-state index contributed by atoms with van der Waals surface area (Å²) in [5, 5.41) is 7.48. The number of thioether (sulfide) groups is 1. The second kappa shape index (κ2) is 6.82. The summed E-state index contributed by atoms with van der Waals surface area (Å²) in [7, 11) is 1.66. The van der Waals surface area contributed by atoms with E-state index in [1.807, 2.05) is 30.0 Å². The number of rotatable bonds is 6. The molecule has 0 aliphatic carbocycles. The lowest BCUT2D eigenvalue weighted by Gasteiger charge is -2.12. The molecule has 5 heteroatoms. The molecular formula is C14H20N2O2S. The maximum Gasteiger partial charge on any atom is 0.122 e. The van der Waals surface area contributed by atoms with E-state index in [1.165, 1.54) is 6.42 Å². The van der Waals surface area contributed by atoms with Crippen molar-refractivity contribution in [1.29, 1.82) is 5.41 Å². The number of nitrogens with one attached hydrogen (secondary N) is 1. The van der Waals surface area contributed by atoms with Gasteiger partial charge in [-0.15, -0.1) is 0 Å². The van der Waals surface area contributed by atoms with Crippen molar-refractivity contribution in [2.24, 2.45) is 5.73 Å². The van der Waals surface area contributed by atoms with E-state index in [4.69, 9.17) is 20.6 Å². The average molecular weight is 280 g/mol. The molecule has 1 aliphatic rings. The van der Waals surface area contributed by atoms with Crippen LogP contribution in [0.3, 0.4) is 0 Å². The summed E-state index contributed by atoms with van der Waals surface area (Å²) in [6.45, 7) is 0.897. The van der Waals surface area contributed by atoms with Crippen LogP contribution in [0.1, 0.15) is 24.0 Å². The average Bonchev–Trinajstić information content (AvgIpc) is 2.91. The third kappa shape index (κ3) is 3.88. The van der Waals surface area contributed by atoms with Crippen LogP contribution in [0.15, 0.2) is 18.2 Å². The van der Waals surface area contributed by atoms with Crippen molar-refractivity contribution >= 4 is 17.6 Å². The Hall–Kier alpha value is -1.20. The molecule has 0 spiro atoms. The molecule has 19 heavy (non-hydrogen) atoms. The first-order chi connectivity index (χ1) is 9.20. The number of ether oxygens (including phenoxy) is 2. The molecule has 1 saturated heterocycles. The molecule has 1 unspecified atom stereocenters. The fourth-order valence-corrected chi connectivity index (χ4v) is 3.22. The molecule has 1 aromatic carbocycles. The lowest BCUT2D eigenvalue weighted by Crippen LogP contribution is -2.11. The van der Waals surface area contributed by atoms with Crippen molar-refractivity contribution in [3.63, 3.8) is 0 Å². The zero-order chi connectivity index (χ0) is 13.7. The number of amidine groups is 1. The van der Waals surface area contributed by atoms with E-state index >= 15 is 0 Å². The Kier molecular flexibility index (Phi) is 5.10. The van der Waals surface area contributed by atoms with Crippen LogP contribution in [-0.2, 0) is 10.5 Å². The Morgan fingerprint density at radius 1 is 1.58 bits per heavy atom. The molecule has 1 fully saturated rings. The van der Waals surface area contributed by atoms with Crippen LogP contribution in [0.25, 0.3) is 0 Å². The standard InChI is InChI=1S/C14H20N2O2S/c1-17-13-5-4-10(14(15)16)7-11(13)8-19-9-12-3-2-6-18-12/h4-5,7,12H,2-3,6,8-9H2,1H3,(H3,15,16). The quantitative estimate of drug-likeness (QED) is 0.620. The van der Waals surface area contributed by atoms with Gasteiger partial charge in [0.1, 0.15) is 11.6 Å². The molecule has 2 rings (SSSR count). The highest BCUT2D eigenvalue weighted by Crippen LogP contribution is 2.26. The number of benzene rings is 1. The predicted molar refractivity (Wildman–Crippen MR) is 79.1 cm³/mol. The zero-order valence-electron chi connectivity index (χ0n) is 11.1. The zero-order valence-corrected chi connectivity index (χ0v) is 12.0. The monoisotopic (exact) mass is 280 g/mol. The highest BCUT2D eigenvalue weighted by molar-refractivity contribution is 7.98. The first-order valence-electron chi connectivity index (χ1n) is 6.41. The molecule has 0 aromatic heterocycles. The van der Waals surface area contributed by atoms with Crippen molar-refractivity contribution in [2.75, 3.05) is 19.5 Å². The van der Waals surface area contributed by atoms with Crippen molar-refractivity contribution in [2.45, 2.75) is 24.7 Å². The lowest BCUT2D eigenvalue weighted by molar-refractivity contribution is 0.129. The van der Waals surface area contributed by atoms with Crippen LogP contribution in [-0.4, -0.2) is 31.4 Å². The van der Waals surface area contributed by atoms with Gasteiger partial charge in [-0.25, -0.2) is 0 Å². The second-order valence-electron chi connectivity index (χ2n) is 4.59. The number of methoxy groups -OCH3 is 1. The van der Waals surface area contributed by atoms with Crippen molar-refractivity contribution in [3.8, 4) is 5.75 Å². The molecule has 1 aliphatic heterocycles. The van der Waals surface area contributed by atoms with E-state index in [2.05, 4.69) is 0 Å². The van der Waals surface area contributed by atoms with Crippen LogP contribution >= 0.6 is 11.8 Å². The minimum absolute atomic E-state index is 0.0908. The molecule has 0 amide bonds. The molecular weight excluding hydrogens is 260 g/mol. The maximum atomic E-state index is 7.48. The van der Waals surface area contributed by atoms with Gasteiger partial charge in [0, 0.05) is 29.2 Å². The van der Waals surface area contributed by atoms with Gasteiger partial charge in [0.15, 0.2) is 0 Å². The molecule has 3 N–H and O–H groups in total. The summed E-state index contributed by atoms with van der Waals surface area (Å²) in [5.41, 5.74) is 7.34. The first kappa shape index (κ1) is 14.2. The van der Waals surface area contributed by atoms with Gasteiger partial charge in [0.2, 0.25) is 0 Å². The second-order valence-corrected chi connectivity index (χ2v) is 5.62. The van der Waals surface area contributed by atoms with Gasteiger partial charge in [-0.3, -0.25) is 5.41 Å². The minimum Gasteiger partial charge on any atom is -0.496 e. The normalized spacial score (nSPS) is 18.5. The molecule has 0 saturated carbocycles. The summed E-state index contributed by atoms with van der Waals surface area (Å²) in [5.74, 6) is 2.80. The molecule has 0 bridgehead atoms. The molecule has 1 atom stereocenters. The van der Waals surface area contributed by atoms with Crippen LogP contribution in [0, 0.1) is 5.41 Å². The van der Waals surface area contributed by atoms with E-state index in [9.17, 15) is 0 Å². The largest absolute Gasteiger partial charge is 0.496 e. The van der Waals surface area contributed by atoms with E-state index in [0.29, 0.717) is 6.10 Å². The Bertz CT molecular complexity index is 445. The highest BCUT2D eigenvalue weighted by Gasteiger charge is 2.15.